The van der Waals surface area contributed by atoms with E-state index in [1.165, 1.54) is 12.3 Å². The summed E-state index contributed by atoms with van der Waals surface area (Å²) in [4.78, 5) is 15.0. The molecular weight excluding hydrogens is 301 g/mol. The molecule has 0 aliphatic heterocycles. The first-order valence-corrected chi connectivity index (χ1v) is 5.97. The average molecular weight is 310 g/mol. The summed E-state index contributed by atoms with van der Waals surface area (Å²) in [6.07, 6.45) is 1.23. The topological polar surface area (TPSA) is 39.2 Å². The van der Waals surface area contributed by atoms with E-state index >= 15 is 0 Å². The smallest absolute Gasteiger partial charge is 0.338 e. The number of benzene rings is 1. The first-order valence-electron chi connectivity index (χ1n) is 5.18. The summed E-state index contributed by atoms with van der Waals surface area (Å²) in [6, 6.07) is 9.87. The molecule has 0 unspecified atom stereocenters. The molecule has 0 aliphatic carbocycles. The predicted octanol–water partition coefficient (Wildman–Crippen LogP) is 3.34. The lowest BCUT2D eigenvalue weighted by molar-refractivity contribution is 0.0472. The van der Waals surface area contributed by atoms with E-state index < -0.39 is 11.9 Å². The number of ether oxygens (including phenoxy) is 1. The van der Waals surface area contributed by atoms with Crippen molar-refractivity contribution in [2.75, 3.05) is 0 Å². The number of hydrogen-bond acceptors (Lipinski definition) is 3. The number of aromatic nitrogens is 1. The van der Waals surface area contributed by atoms with Gasteiger partial charge in [-0.1, -0.05) is 28.1 Å². The number of nitrogens with zero attached hydrogens (tertiary/aromatic N) is 1. The SMILES string of the molecule is O=C(OCc1cccc(Br)c1)c1ccnc(F)c1. The normalized spacial score (nSPS) is 10.1. The number of carbonyl (C=O) groups excluding carboxylic acids is 1. The summed E-state index contributed by atoms with van der Waals surface area (Å²) in [5, 5.41) is 0. The van der Waals surface area contributed by atoms with E-state index in [4.69, 9.17) is 4.74 Å². The van der Waals surface area contributed by atoms with Gasteiger partial charge in [0.25, 0.3) is 0 Å². The summed E-state index contributed by atoms with van der Waals surface area (Å²) >= 11 is 3.33. The Morgan fingerprint density at radius 1 is 1.33 bits per heavy atom. The predicted molar refractivity (Wildman–Crippen MR) is 67.5 cm³/mol. The van der Waals surface area contributed by atoms with Crippen LogP contribution in [0.4, 0.5) is 4.39 Å². The highest BCUT2D eigenvalue weighted by atomic mass is 79.9. The molecule has 5 heteroatoms. The molecule has 92 valence electrons. The van der Waals surface area contributed by atoms with Gasteiger partial charge in [0.2, 0.25) is 5.95 Å². The molecule has 0 spiro atoms. The van der Waals surface area contributed by atoms with Crippen molar-refractivity contribution < 1.29 is 13.9 Å². The maximum absolute atomic E-state index is 12.8. The lowest BCUT2D eigenvalue weighted by Gasteiger charge is -2.05. The minimum Gasteiger partial charge on any atom is -0.457 e. The van der Waals surface area contributed by atoms with E-state index in [2.05, 4.69) is 20.9 Å². The van der Waals surface area contributed by atoms with Gasteiger partial charge in [-0.05, 0) is 23.8 Å². The molecule has 0 bridgehead atoms. The highest BCUT2D eigenvalue weighted by Gasteiger charge is 2.08. The molecule has 2 aromatic rings. The minimum absolute atomic E-state index is 0.141. The Labute approximate surface area is 112 Å². The van der Waals surface area contributed by atoms with Crippen LogP contribution in [0.2, 0.25) is 0 Å². The Balaban J connectivity index is 2.00. The third-order valence-corrected chi connectivity index (χ3v) is 2.71. The molecule has 0 fully saturated rings. The van der Waals surface area contributed by atoms with Crippen molar-refractivity contribution in [2.45, 2.75) is 6.61 Å². The molecular formula is C13H9BrFNO2. The molecule has 0 saturated heterocycles. The van der Waals surface area contributed by atoms with Crippen LogP contribution in [0.3, 0.4) is 0 Å². The van der Waals surface area contributed by atoms with Crippen molar-refractivity contribution in [1.82, 2.24) is 4.98 Å². The van der Waals surface area contributed by atoms with Crippen LogP contribution in [0.25, 0.3) is 0 Å². The van der Waals surface area contributed by atoms with Crippen molar-refractivity contribution in [3.63, 3.8) is 0 Å². The molecule has 1 aromatic heterocycles. The third kappa shape index (κ3) is 3.37. The maximum atomic E-state index is 12.8. The summed E-state index contributed by atoms with van der Waals surface area (Å²) in [5.74, 6) is -1.27. The van der Waals surface area contributed by atoms with Crippen LogP contribution in [-0.4, -0.2) is 11.0 Å². The highest BCUT2D eigenvalue weighted by molar-refractivity contribution is 9.10. The quantitative estimate of drug-likeness (QED) is 0.645. The maximum Gasteiger partial charge on any atom is 0.338 e. The van der Waals surface area contributed by atoms with E-state index in [-0.39, 0.29) is 12.2 Å². The third-order valence-electron chi connectivity index (χ3n) is 2.22. The molecule has 0 amide bonds. The Kier molecular flexibility index (Phi) is 4.04. The van der Waals surface area contributed by atoms with Crippen molar-refractivity contribution in [3.8, 4) is 0 Å². The van der Waals surface area contributed by atoms with E-state index in [1.807, 2.05) is 24.3 Å². The summed E-state index contributed by atoms with van der Waals surface area (Å²) in [6.45, 7) is 0.141. The fourth-order valence-corrected chi connectivity index (χ4v) is 1.84. The standard InChI is InChI=1S/C13H9BrFNO2/c14-11-3-1-2-9(6-11)8-18-13(17)10-4-5-16-12(15)7-10/h1-7H,8H2. The second kappa shape index (κ2) is 5.73. The fourth-order valence-electron chi connectivity index (χ4n) is 1.39. The van der Waals surface area contributed by atoms with Gasteiger partial charge in [-0.15, -0.1) is 0 Å². The monoisotopic (exact) mass is 309 g/mol. The summed E-state index contributed by atoms with van der Waals surface area (Å²) < 4.78 is 18.8. The Hall–Kier alpha value is -1.75. The van der Waals surface area contributed by atoms with E-state index in [1.54, 1.807) is 0 Å². The number of halogens is 2. The fraction of sp³-hybridized carbons (Fsp3) is 0.0769. The Bertz CT molecular complexity index is 574. The van der Waals surface area contributed by atoms with Crippen LogP contribution in [0.1, 0.15) is 15.9 Å². The Morgan fingerprint density at radius 2 is 2.17 bits per heavy atom. The van der Waals surface area contributed by atoms with Crippen molar-refractivity contribution in [1.29, 1.82) is 0 Å². The molecule has 1 heterocycles. The molecule has 3 nitrogen and oxygen atoms in total. The van der Waals surface area contributed by atoms with Gasteiger partial charge in [-0.25, -0.2) is 9.78 Å². The van der Waals surface area contributed by atoms with Crippen LogP contribution in [0.15, 0.2) is 47.1 Å². The molecule has 2 rings (SSSR count). The van der Waals surface area contributed by atoms with Crippen LogP contribution < -0.4 is 0 Å². The van der Waals surface area contributed by atoms with Crippen LogP contribution >= 0.6 is 15.9 Å². The second-order valence-corrected chi connectivity index (χ2v) is 4.49. The molecule has 0 saturated carbocycles. The number of pyridine rings is 1. The molecule has 0 radical (unpaired) electrons. The van der Waals surface area contributed by atoms with Gasteiger partial charge in [0, 0.05) is 16.7 Å². The molecule has 1 aromatic carbocycles. The molecule has 0 aliphatic rings. The highest BCUT2D eigenvalue weighted by Crippen LogP contribution is 2.13. The molecule has 0 atom stereocenters. The average Bonchev–Trinajstić information content (AvgIpc) is 2.36. The lowest BCUT2D eigenvalue weighted by Crippen LogP contribution is -2.06. The number of esters is 1. The van der Waals surface area contributed by atoms with Crippen LogP contribution in [0.5, 0.6) is 0 Å². The van der Waals surface area contributed by atoms with Gasteiger partial charge in [-0.3, -0.25) is 0 Å². The Morgan fingerprint density at radius 3 is 2.89 bits per heavy atom. The van der Waals surface area contributed by atoms with Crippen LogP contribution in [0, 0.1) is 5.95 Å². The first kappa shape index (κ1) is 12.7. The van der Waals surface area contributed by atoms with E-state index in [9.17, 15) is 9.18 Å². The largest absolute Gasteiger partial charge is 0.457 e. The van der Waals surface area contributed by atoms with Gasteiger partial charge in [0.15, 0.2) is 0 Å². The number of carbonyl (C=O) groups is 1. The van der Waals surface area contributed by atoms with Gasteiger partial charge in [0.1, 0.15) is 6.61 Å². The van der Waals surface area contributed by atoms with E-state index in [0.717, 1.165) is 16.1 Å². The van der Waals surface area contributed by atoms with Crippen molar-refractivity contribution in [2.24, 2.45) is 0 Å². The zero-order valence-electron chi connectivity index (χ0n) is 9.27. The summed E-state index contributed by atoms with van der Waals surface area (Å²) in [7, 11) is 0. The second-order valence-electron chi connectivity index (χ2n) is 3.57. The van der Waals surface area contributed by atoms with E-state index in [0.29, 0.717) is 0 Å². The van der Waals surface area contributed by atoms with Crippen molar-refractivity contribution >= 4 is 21.9 Å². The van der Waals surface area contributed by atoms with Crippen molar-refractivity contribution in [3.05, 3.63) is 64.1 Å². The van der Waals surface area contributed by atoms with Gasteiger partial charge >= 0.3 is 5.97 Å². The number of hydrogen-bond donors (Lipinski definition) is 0. The zero-order valence-corrected chi connectivity index (χ0v) is 10.9. The summed E-state index contributed by atoms with van der Waals surface area (Å²) in [5.41, 5.74) is 1.00. The first-order chi connectivity index (χ1) is 8.65. The lowest BCUT2D eigenvalue weighted by atomic mass is 10.2. The van der Waals surface area contributed by atoms with Crippen LogP contribution in [-0.2, 0) is 11.3 Å². The number of rotatable bonds is 3. The van der Waals surface area contributed by atoms with Gasteiger partial charge in [0.05, 0.1) is 5.56 Å². The van der Waals surface area contributed by atoms with Gasteiger partial charge < -0.3 is 4.74 Å². The minimum atomic E-state index is -0.702. The van der Waals surface area contributed by atoms with Gasteiger partial charge in [-0.2, -0.15) is 4.39 Å². The zero-order chi connectivity index (χ0) is 13.0. The molecule has 18 heavy (non-hydrogen) atoms. The molecule has 0 N–H and O–H groups in total.